The number of hydrogen-bond acceptors (Lipinski definition) is 2. The van der Waals surface area contributed by atoms with E-state index in [0.29, 0.717) is 6.61 Å². The van der Waals surface area contributed by atoms with Crippen molar-refractivity contribution in [1.82, 2.24) is 0 Å². The molecule has 1 aliphatic heterocycles. The van der Waals surface area contributed by atoms with Crippen LogP contribution in [0.3, 0.4) is 0 Å². The van der Waals surface area contributed by atoms with Gasteiger partial charge in [0.2, 0.25) is 0 Å². The summed E-state index contributed by atoms with van der Waals surface area (Å²) < 4.78 is 6.50. The van der Waals surface area contributed by atoms with Crippen molar-refractivity contribution >= 4 is 15.9 Å². The van der Waals surface area contributed by atoms with Gasteiger partial charge in [0.15, 0.2) is 5.60 Å². The number of hydrogen-bond donors (Lipinski definition) is 0. The molecule has 0 aliphatic carbocycles. The van der Waals surface area contributed by atoms with E-state index in [1.54, 1.807) is 0 Å². The summed E-state index contributed by atoms with van der Waals surface area (Å²) in [7, 11) is 0. The van der Waals surface area contributed by atoms with E-state index in [0.717, 1.165) is 16.5 Å². The normalized spacial score (nSPS) is 25.2. The smallest absolute Gasteiger partial charge is 0.177 e. The Morgan fingerprint density at radius 3 is 3.07 bits per heavy atom. The fourth-order valence-corrected chi connectivity index (χ4v) is 2.11. The number of nitriles is 1. The standard InChI is InChI=1S/C11H10BrNO/c1-11(7-13)10-6-9(12)3-2-8(10)4-5-14-11/h2-3,6H,4-5H2,1H3. The zero-order valence-corrected chi connectivity index (χ0v) is 9.47. The van der Waals surface area contributed by atoms with Gasteiger partial charge in [0.25, 0.3) is 0 Å². The van der Waals surface area contributed by atoms with E-state index in [4.69, 9.17) is 10.00 Å². The third-order valence-corrected chi connectivity index (χ3v) is 3.05. The molecular formula is C11H10BrNO. The zero-order chi connectivity index (χ0) is 10.2. The Balaban J connectivity index is 2.59. The molecule has 1 aromatic rings. The van der Waals surface area contributed by atoms with E-state index in [1.807, 2.05) is 19.1 Å². The molecule has 0 N–H and O–H groups in total. The molecule has 3 heteroatoms. The van der Waals surface area contributed by atoms with Crippen LogP contribution in [0.1, 0.15) is 18.1 Å². The van der Waals surface area contributed by atoms with Crippen molar-refractivity contribution < 1.29 is 4.74 Å². The van der Waals surface area contributed by atoms with Crippen LogP contribution in [0.25, 0.3) is 0 Å². The average molecular weight is 252 g/mol. The second-order valence-electron chi connectivity index (χ2n) is 3.54. The van der Waals surface area contributed by atoms with Crippen LogP contribution in [0.2, 0.25) is 0 Å². The Hall–Kier alpha value is -0.850. The Bertz CT molecular complexity index is 410. The summed E-state index contributed by atoms with van der Waals surface area (Å²) in [5.41, 5.74) is 1.42. The Labute approximate surface area is 91.6 Å². The van der Waals surface area contributed by atoms with Crippen LogP contribution in [-0.4, -0.2) is 6.61 Å². The van der Waals surface area contributed by atoms with E-state index < -0.39 is 5.60 Å². The maximum Gasteiger partial charge on any atom is 0.177 e. The molecule has 1 aliphatic rings. The molecule has 0 radical (unpaired) electrons. The minimum absolute atomic E-state index is 0.624. The lowest BCUT2D eigenvalue weighted by atomic mass is 9.89. The van der Waals surface area contributed by atoms with Gasteiger partial charge in [-0.3, -0.25) is 0 Å². The maximum absolute atomic E-state index is 9.10. The van der Waals surface area contributed by atoms with Crippen LogP contribution in [0.5, 0.6) is 0 Å². The van der Waals surface area contributed by atoms with Gasteiger partial charge in [0.1, 0.15) is 6.07 Å². The minimum Gasteiger partial charge on any atom is -0.356 e. The van der Waals surface area contributed by atoms with E-state index in [-0.39, 0.29) is 0 Å². The van der Waals surface area contributed by atoms with Crippen molar-refractivity contribution in [2.75, 3.05) is 6.61 Å². The van der Waals surface area contributed by atoms with Crippen LogP contribution in [0.4, 0.5) is 0 Å². The summed E-state index contributed by atoms with van der Waals surface area (Å²) in [6, 6.07) is 8.25. The van der Waals surface area contributed by atoms with Gasteiger partial charge in [-0.2, -0.15) is 5.26 Å². The second kappa shape index (κ2) is 3.38. The molecule has 0 bridgehead atoms. The van der Waals surface area contributed by atoms with Gasteiger partial charge in [-0.05, 0) is 31.0 Å². The first-order valence-corrected chi connectivity index (χ1v) is 5.29. The minimum atomic E-state index is -0.780. The first-order chi connectivity index (χ1) is 6.65. The van der Waals surface area contributed by atoms with Crippen molar-refractivity contribution in [2.45, 2.75) is 18.9 Å². The summed E-state index contributed by atoms with van der Waals surface area (Å²) >= 11 is 3.41. The van der Waals surface area contributed by atoms with Gasteiger partial charge in [0, 0.05) is 10.0 Å². The molecule has 72 valence electrons. The van der Waals surface area contributed by atoms with Crippen LogP contribution in [-0.2, 0) is 16.8 Å². The topological polar surface area (TPSA) is 33.0 Å². The summed E-state index contributed by atoms with van der Waals surface area (Å²) in [6.07, 6.45) is 0.889. The monoisotopic (exact) mass is 251 g/mol. The summed E-state index contributed by atoms with van der Waals surface area (Å²) in [5.74, 6) is 0. The molecule has 1 aromatic carbocycles. The Morgan fingerprint density at radius 2 is 2.36 bits per heavy atom. The summed E-state index contributed by atoms with van der Waals surface area (Å²) in [4.78, 5) is 0. The number of nitrogens with zero attached hydrogens (tertiary/aromatic N) is 1. The SMILES string of the molecule is CC1(C#N)OCCc2ccc(Br)cc21. The van der Waals surface area contributed by atoms with Crippen LogP contribution < -0.4 is 0 Å². The molecular weight excluding hydrogens is 242 g/mol. The van der Waals surface area contributed by atoms with Crippen LogP contribution >= 0.6 is 15.9 Å². The fourth-order valence-electron chi connectivity index (χ4n) is 1.75. The summed E-state index contributed by atoms with van der Waals surface area (Å²) in [5, 5.41) is 9.10. The maximum atomic E-state index is 9.10. The first kappa shape index (κ1) is 9.70. The average Bonchev–Trinajstić information content (AvgIpc) is 2.20. The number of halogens is 1. The number of ether oxygens (including phenoxy) is 1. The second-order valence-corrected chi connectivity index (χ2v) is 4.46. The molecule has 0 saturated heterocycles. The Kier molecular flexibility index (Phi) is 2.34. The zero-order valence-electron chi connectivity index (χ0n) is 7.88. The highest BCUT2D eigenvalue weighted by Gasteiger charge is 2.33. The van der Waals surface area contributed by atoms with Crippen LogP contribution in [0.15, 0.2) is 22.7 Å². The molecule has 0 aromatic heterocycles. The molecule has 1 unspecified atom stereocenters. The predicted molar refractivity (Wildman–Crippen MR) is 56.8 cm³/mol. The highest BCUT2D eigenvalue weighted by Crippen LogP contribution is 2.33. The van der Waals surface area contributed by atoms with Gasteiger partial charge >= 0.3 is 0 Å². The van der Waals surface area contributed by atoms with Gasteiger partial charge in [-0.15, -0.1) is 0 Å². The first-order valence-electron chi connectivity index (χ1n) is 4.50. The van der Waals surface area contributed by atoms with Crippen molar-refractivity contribution in [1.29, 1.82) is 5.26 Å². The third kappa shape index (κ3) is 1.45. The lowest BCUT2D eigenvalue weighted by Crippen LogP contribution is -2.30. The van der Waals surface area contributed by atoms with Gasteiger partial charge in [-0.1, -0.05) is 22.0 Å². The van der Waals surface area contributed by atoms with E-state index >= 15 is 0 Å². The molecule has 14 heavy (non-hydrogen) atoms. The Morgan fingerprint density at radius 1 is 1.57 bits per heavy atom. The van der Waals surface area contributed by atoms with E-state index in [2.05, 4.69) is 28.1 Å². The van der Waals surface area contributed by atoms with E-state index in [1.165, 1.54) is 5.56 Å². The molecule has 2 rings (SSSR count). The van der Waals surface area contributed by atoms with Crippen molar-refractivity contribution in [3.05, 3.63) is 33.8 Å². The van der Waals surface area contributed by atoms with Crippen LogP contribution in [0, 0.1) is 11.3 Å². The van der Waals surface area contributed by atoms with Crippen molar-refractivity contribution in [3.63, 3.8) is 0 Å². The number of fused-ring (bicyclic) bond motifs is 1. The van der Waals surface area contributed by atoms with Crippen molar-refractivity contribution in [3.8, 4) is 6.07 Å². The molecule has 1 heterocycles. The predicted octanol–water partition coefficient (Wildman–Crippen LogP) is 2.76. The number of rotatable bonds is 0. The fraction of sp³-hybridized carbons (Fsp3) is 0.364. The summed E-state index contributed by atoms with van der Waals surface area (Å²) in [6.45, 7) is 2.44. The molecule has 2 nitrogen and oxygen atoms in total. The lowest BCUT2D eigenvalue weighted by molar-refractivity contribution is -0.00204. The molecule has 0 saturated carbocycles. The van der Waals surface area contributed by atoms with Gasteiger partial charge in [-0.25, -0.2) is 0 Å². The largest absolute Gasteiger partial charge is 0.356 e. The van der Waals surface area contributed by atoms with Crippen molar-refractivity contribution in [2.24, 2.45) is 0 Å². The van der Waals surface area contributed by atoms with E-state index in [9.17, 15) is 0 Å². The molecule has 0 fully saturated rings. The highest BCUT2D eigenvalue weighted by molar-refractivity contribution is 9.10. The highest BCUT2D eigenvalue weighted by atomic mass is 79.9. The number of benzene rings is 1. The van der Waals surface area contributed by atoms with Gasteiger partial charge < -0.3 is 4.74 Å². The molecule has 0 amide bonds. The third-order valence-electron chi connectivity index (χ3n) is 2.56. The van der Waals surface area contributed by atoms with Gasteiger partial charge in [0.05, 0.1) is 6.61 Å². The lowest BCUT2D eigenvalue weighted by Gasteiger charge is -2.30. The molecule has 0 spiro atoms. The molecule has 1 atom stereocenters. The quantitative estimate of drug-likeness (QED) is 0.711.